The van der Waals surface area contributed by atoms with Crippen LogP contribution in [0.1, 0.15) is 0 Å². The van der Waals surface area contributed by atoms with E-state index in [2.05, 4.69) is 4.98 Å². The highest BCUT2D eigenvalue weighted by molar-refractivity contribution is 6.34. The van der Waals surface area contributed by atoms with Crippen molar-refractivity contribution < 1.29 is 4.73 Å². The third-order valence-electron chi connectivity index (χ3n) is 2.86. The van der Waals surface area contributed by atoms with Crippen LogP contribution in [0.15, 0.2) is 48.8 Å². The van der Waals surface area contributed by atoms with Crippen LogP contribution in [0.25, 0.3) is 22.2 Å². The van der Waals surface area contributed by atoms with E-state index in [-0.39, 0.29) is 0 Å². The summed E-state index contributed by atoms with van der Waals surface area (Å²) in [5.41, 5.74) is 1.82. The monoisotopic (exact) mass is 290 g/mol. The van der Waals surface area contributed by atoms with E-state index in [9.17, 15) is 5.21 Å². The normalized spacial score (nSPS) is 10.8. The predicted octanol–water partition coefficient (Wildman–Crippen LogP) is 3.84. The largest absolute Gasteiger partial charge is 0.710 e. The van der Waals surface area contributed by atoms with Gasteiger partial charge in [0.25, 0.3) is 6.33 Å². The number of nitrogens with zero attached hydrogens (tertiary/aromatic N) is 2. The molecule has 1 aromatic heterocycles. The third kappa shape index (κ3) is 2.11. The van der Waals surface area contributed by atoms with Crippen molar-refractivity contribution in [2.45, 2.75) is 0 Å². The molecular formula is C14H8Cl2N2O. The van der Waals surface area contributed by atoms with E-state index >= 15 is 0 Å². The summed E-state index contributed by atoms with van der Waals surface area (Å²) in [5.74, 6) is 0. The molecule has 0 amide bonds. The molecule has 0 aliphatic heterocycles. The van der Waals surface area contributed by atoms with Gasteiger partial charge in [-0.15, -0.1) is 0 Å². The minimum atomic E-state index is 0.457. The molecule has 5 heteroatoms. The lowest BCUT2D eigenvalue weighted by Crippen LogP contribution is -2.29. The maximum Gasteiger partial charge on any atom is 0.290 e. The van der Waals surface area contributed by atoms with E-state index in [0.29, 0.717) is 36.9 Å². The summed E-state index contributed by atoms with van der Waals surface area (Å²) in [7, 11) is 0. The Bertz CT molecular complexity index is 769. The van der Waals surface area contributed by atoms with Crippen LogP contribution in [0.2, 0.25) is 10.0 Å². The predicted molar refractivity (Wildman–Crippen MR) is 76.2 cm³/mol. The van der Waals surface area contributed by atoms with Gasteiger partial charge in [0.1, 0.15) is 5.69 Å². The molecule has 3 aromatic rings. The second kappa shape index (κ2) is 4.68. The minimum absolute atomic E-state index is 0.457. The van der Waals surface area contributed by atoms with E-state index in [1.807, 2.05) is 12.1 Å². The molecule has 0 N–H and O–H groups in total. The number of rotatable bonds is 1. The van der Waals surface area contributed by atoms with E-state index in [1.54, 1.807) is 30.3 Å². The van der Waals surface area contributed by atoms with Crippen molar-refractivity contribution in [2.75, 3.05) is 0 Å². The number of aromatic nitrogens is 2. The van der Waals surface area contributed by atoms with Gasteiger partial charge in [0.15, 0.2) is 5.52 Å². The topological polar surface area (TPSA) is 39.8 Å². The third-order valence-corrected chi connectivity index (χ3v) is 3.43. The first-order valence-electron chi connectivity index (χ1n) is 5.59. The Morgan fingerprint density at radius 1 is 1.05 bits per heavy atom. The zero-order chi connectivity index (χ0) is 13.4. The standard InChI is InChI=1S/C14H8Cl2N2O/c15-9-5-6-13-11(7-9)14(18(19)8-17-13)10-3-1-2-4-12(10)16/h1-8H. The number of halogens is 2. The van der Waals surface area contributed by atoms with Crippen molar-refractivity contribution in [3.63, 3.8) is 0 Å². The molecule has 0 fully saturated rings. The zero-order valence-corrected chi connectivity index (χ0v) is 11.2. The van der Waals surface area contributed by atoms with Crippen molar-refractivity contribution in [3.8, 4) is 11.3 Å². The number of hydrogen-bond acceptors (Lipinski definition) is 2. The first-order chi connectivity index (χ1) is 9.16. The van der Waals surface area contributed by atoms with Gasteiger partial charge in [-0.1, -0.05) is 35.3 Å². The fourth-order valence-corrected chi connectivity index (χ4v) is 2.42. The Morgan fingerprint density at radius 3 is 2.63 bits per heavy atom. The zero-order valence-electron chi connectivity index (χ0n) is 9.68. The molecule has 2 aromatic carbocycles. The van der Waals surface area contributed by atoms with E-state index < -0.39 is 0 Å². The van der Waals surface area contributed by atoms with E-state index in [4.69, 9.17) is 23.2 Å². The first kappa shape index (κ1) is 12.2. The Kier molecular flexibility index (Phi) is 3.01. The lowest BCUT2D eigenvalue weighted by molar-refractivity contribution is -0.595. The van der Waals surface area contributed by atoms with Crippen molar-refractivity contribution >= 4 is 34.1 Å². The fourth-order valence-electron chi connectivity index (χ4n) is 2.02. The summed E-state index contributed by atoms with van der Waals surface area (Å²) in [5, 5.41) is 13.8. The number of fused-ring (bicyclic) bond motifs is 1. The summed E-state index contributed by atoms with van der Waals surface area (Å²) < 4.78 is 0.708. The van der Waals surface area contributed by atoms with Gasteiger partial charge in [0, 0.05) is 10.6 Å². The fraction of sp³-hybridized carbons (Fsp3) is 0. The van der Waals surface area contributed by atoms with Crippen LogP contribution in [-0.4, -0.2) is 4.98 Å². The molecule has 0 radical (unpaired) electrons. The lowest BCUT2D eigenvalue weighted by Gasteiger charge is -2.11. The van der Waals surface area contributed by atoms with E-state index in [0.717, 1.165) is 0 Å². The first-order valence-corrected chi connectivity index (χ1v) is 6.35. The van der Waals surface area contributed by atoms with Crippen LogP contribution in [0.3, 0.4) is 0 Å². The molecule has 3 nitrogen and oxygen atoms in total. The van der Waals surface area contributed by atoms with Crippen molar-refractivity contribution in [3.05, 3.63) is 64.0 Å². The van der Waals surface area contributed by atoms with E-state index in [1.165, 1.54) is 6.33 Å². The molecule has 94 valence electrons. The molecule has 0 aliphatic rings. The van der Waals surface area contributed by atoms with Gasteiger partial charge >= 0.3 is 0 Å². The van der Waals surface area contributed by atoms with Gasteiger partial charge in [0.05, 0.1) is 10.4 Å². The quantitative estimate of drug-likeness (QED) is 0.505. The summed E-state index contributed by atoms with van der Waals surface area (Å²) in [6.07, 6.45) is 1.23. The van der Waals surface area contributed by atoms with Gasteiger partial charge in [-0.3, -0.25) is 0 Å². The van der Waals surface area contributed by atoms with Crippen LogP contribution in [0.5, 0.6) is 0 Å². The Hall–Kier alpha value is -1.84. The second-order valence-corrected chi connectivity index (χ2v) is 4.90. The SMILES string of the molecule is [O-][n+]1cnc2ccc(Cl)cc2c1-c1ccccc1Cl. The molecule has 0 atom stereocenters. The summed E-state index contributed by atoms with van der Waals surface area (Å²) in [6.45, 7) is 0. The smallest absolute Gasteiger partial charge is 0.290 e. The molecule has 0 saturated heterocycles. The molecular weight excluding hydrogens is 283 g/mol. The maximum atomic E-state index is 12.0. The molecule has 0 aliphatic carbocycles. The van der Waals surface area contributed by atoms with Gasteiger partial charge in [-0.05, 0) is 35.3 Å². The molecule has 1 heterocycles. The molecule has 0 saturated carbocycles. The van der Waals surface area contributed by atoms with Crippen molar-refractivity contribution in [2.24, 2.45) is 0 Å². The minimum Gasteiger partial charge on any atom is -0.710 e. The van der Waals surface area contributed by atoms with Crippen LogP contribution in [0.4, 0.5) is 0 Å². The highest BCUT2D eigenvalue weighted by Gasteiger charge is 2.16. The molecule has 0 unspecified atom stereocenters. The van der Waals surface area contributed by atoms with Crippen molar-refractivity contribution in [1.82, 2.24) is 4.98 Å². The second-order valence-electron chi connectivity index (χ2n) is 4.06. The maximum absolute atomic E-state index is 12.0. The Labute approximate surface area is 119 Å². The van der Waals surface area contributed by atoms with Gasteiger partial charge in [0.2, 0.25) is 0 Å². The molecule has 19 heavy (non-hydrogen) atoms. The van der Waals surface area contributed by atoms with Gasteiger partial charge in [-0.25, -0.2) is 4.73 Å². The Balaban J connectivity index is 2.43. The van der Waals surface area contributed by atoms with Crippen LogP contribution in [0, 0.1) is 5.21 Å². The average Bonchev–Trinajstić information content (AvgIpc) is 2.40. The van der Waals surface area contributed by atoms with Crippen LogP contribution in [-0.2, 0) is 0 Å². The molecule has 3 rings (SSSR count). The molecule has 0 bridgehead atoms. The molecule has 0 spiro atoms. The van der Waals surface area contributed by atoms with Crippen LogP contribution < -0.4 is 4.73 Å². The van der Waals surface area contributed by atoms with Crippen molar-refractivity contribution in [1.29, 1.82) is 0 Å². The average molecular weight is 291 g/mol. The summed E-state index contributed by atoms with van der Waals surface area (Å²) in [6, 6.07) is 12.4. The summed E-state index contributed by atoms with van der Waals surface area (Å²) >= 11 is 12.2. The highest BCUT2D eigenvalue weighted by atomic mass is 35.5. The highest BCUT2D eigenvalue weighted by Crippen LogP contribution is 2.31. The lowest BCUT2D eigenvalue weighted by atomic mass is 10.1. The van der Waals surface area contributed by atoms with Gasteiger partial charge in [-0.2, -0.15) is 0 Å². The van der Waals surface area contributed by atoms with Gasteiger partial charge < -0.3 is 5.21 Å². The Morgan fingerprint density at radius 2 is 1.84 bits per heavy atom. The van der Waals surface area contributed by atoms with Crippen LogP contribution >= 0.6 is 23.2 Å². The number of hydrogen-bond donors (Lipinski definition) is 0. The summed E-state index contributed by atoms with van der Waals surface area (Å²) in [4.78, 5) is 4.09. The number of benzene rings is 2.